The maximum Gasteiger partial charge on any atom is 0.340 e. The summed E-state index contributed by atoms with van der Waals surface area (Å²) < 4.78 is 5.66. The third-order valence-electron chi connectivity index (χ3n) is 4.99. The van der Waals surface area contributed by atoms with Crippen molar-refractivity contribution in [3.05, 3.63) is 113 Å². The van der Waals surface area contributed by atoms with Gasteiger partial charge in [-0.25, -0.2) is 4.79 Å². The smallest absolute Gasteiger partial charge is 0.340 e. The van der Waals surface area contributed by atoms with Gasteiger partial charge in [-0.15, -0.1) is 11.3 Å². The summed E-state index contributed by atoms with van der Waals surface area (Å²) >= 11 is 1.59. The molecule has 1 heterocycles. The number of thiophene rings is 1. The molecule has 0 unspecified atom stereocenters. The van der Waals surface area contributed by atoms with Gasteiger partial charge in [0.2, 0.25) is 0 Å². The van der Waals surface area contributed by atoms with Crippen LogP contribution >= 0.6 is 18.2 Å². The highest BCUT2D eigenvalue weighted by atomic mass is 32.1. The molecule has 0 aliphatic heterocycles. The van der Waals surface area contributed by atoms with Crippen molar-refractivity contribution in [2.75, 3.05) is 6.61 Å². The normalized spacial score (nSPS) is 11.1. The minimum absolute atomic E-state index is 0.246. The maximum atomic E-state index is 13.6. The third-order valence-corrected chi connectivity index (χ3v) is 10.3. The van der Waals surface area contributed by atoms with E-state index in [4.69, 9.17) is 4.74 Å². The number of esters is 1. The molecule has 0 bridgehead atoms. The lowest BCUT2D eigenvalue weighted by Crippen LogP contribution is -2.34. The van der Waals surface area contributed by atoms with E-state index in [1.165, 1.54) is 0 Å². The van der Waals surface area contributed by atoms with Crippen LogP contribution in [0.5, 0.6) is 0 Å². The van der Waals surface area contributed by atoms with E-state index >= 15 is 0 Å². The highest BCUT2D eigenvalue weighted by Gasteiger charge is 2.35. The first kappa shape index (κ1) is 20.4. The van der Waals surface area contributed by atoms with E-state index in [9.17, 15) is 4.79 Å². The van der Waals surface area contributed by atoms with Gasteiger partial charge in [0.15, 0.2) is 0 Å². The van der Waals surface area contributed by atoms with E-state index < -0.39 is 6.89 Å². The first-order chi connectivity index (χ1) is 14.8. The number of carbonyl (C=O) groups is 1. The molecule has 3 aromatic carbocycles. The van der Waals surface area contributed by atoms with Gasteiger partial charge < -0.3 is 4.74 Å². The lowest BCUT2D eigenvalue weighted by Gasteiger charge is -2.31. The van der Waals surface area contributed by atoms with E-state index in [0.29, 0.717) is 6.61 Å². The number of benzene rings is 3. The summed E-state index contributed by atoms with van der Waals surface area (Å²) in [4.78, 5) is 14.5. The topological polar surface area (TPSA) is 26.3 Å². The van der Waals surface area contributed by atoms with Gasteiger partial charge in [-0.1, -0.05) is 97.1 Å². The van der Waals surface area contributed by atoms with Crippen molar-refractivity contribution in [3.63, 3.8) is 0 Å². The summed E-state index contributed by atoms with van der Waals surface area (Å²) in [6.45, 7) is -0.287. The predicted octanol–water partition coefficient (Wildman–Crippen LogP) is 4.83. The zero-order valence-corrected chi connectivity index (χ0v) is 18.5. The van der Waals surface area contributed by atoms with Crippen LogP contribution in [0.4, 0.5) is 0 Å². The van der Waals surface area contributed by atoms with E-state index in [0.717, 1.165) is 26.1 Å². The first-order valence-electron chi connectivity index (χ1n) is 9.93. The minimum Gasteiger partial charge on any atom is -0.462 e. The van der Waals surface area contributed by atoms with E-state index in [1.807, 2.05) is 79.0 Å². The van der Waals surface area contributed by atoms with Gasteiger partial charge >= 0.3 is 5.97 Å². The summed E-state index contributed by atoms with van der Waals surface area (Å²) in [5.74, 6) is -0.246. The Hall–Kier alpha value is -2.87. The fourth-order valence-electron chi connectivity index (χ4n) is 3.80. The van der Waals surface area contributed by atoms with Gasteiger partial charge in [-0.05, 0) is 41.2 Å². The van der Waals surface area contributed by atoms with Crippen molar-refractivity contribution in [2.45, 2.75) is 6.92 Å². The fraction of sp³-hybridized carbons (Fsp3) is 0.0769. The molecule has 4 aromatic rings. The second-order valence-corrected chi connectivity index (χ2v) is 11.0. The molecule has 4 heteroatoms. The number of hydrogen-bond donors (Lipinski definition) is 0. The molecule has 0 atom stereocenters. The Kier molecular flexibility index (Phi) is 6.32. The molecule has 0 saturated heterocycles. The van der Waals surface area contributed by atoms with Crippen molar-refractivity contribution in [3.8, 4) is 0 Å². The first-order valence-corrected chi connectivity index (χ1v) is 12.6. The van der Waals surface area contributed by atoms with Crippen molar-refractivity contribution in [1.82, 2.24) is 0 Å². The van der Waals surface area contributed by atoms with E-state index in [1.54, 1.807) is 11.3 Å². The molecule has 0 aliphatic rings. The van der Waals surface area contributed by atoms with Crippen LogP contribution in [0, 0.1) is 0 Å². The lowest BCUT2D eigenvalue weighted by molar-refractivity contribution is -0.134. The molecule has 0 N–H and O–H groups in total. The summed E-state index contributed by atoms with van der Waals surface area (Å²) in [7, 11) is 0. The Balaban J connectivity index is 2.28. The van der Waals surface area contributed by atoms with Gasteiger partial charge in [0, 0.05) is 4.88 Å². The monoisotopic (exact) mass is 430 g/mol. The van der Waals surface area contributed by atoms with Crippen molar-refractivity contribution in [1.29, 1.82) is 0 Å². The molecule has 1 aromatic heterocycles. The Labute approximate surface area is 181 Å². The molecular formula is C26H23O2PS. The van der Waals surface area contributed by atoms with Gasteiger partial charge in [0.05, 0.1) is 11.9 Å². The number of ether oxygens (including phenoxy) is 1. The summed E-state index contributed by atoms with van der Waals surface area (Å²) in [6.07, 6.45) is 0. The average molecular weight is 431 g/mol. The number of carbonyl (C=O) groups excluding carboxylic acids is 1. The van der Waals surface area contributed by atoms with Gasteiger partial charge in [0.1, 0.15) is 0 Å². The average Bonchev–Trinajstić information content (AvgIpc) is 3.33. The van der Waals surface area contributed by atoms with Crippen LogP contribution in [-0.2, 0) is 9.53 Å². The van der Waals surface area contributed by atoms with Crippen molar-refractivity contribution >= 4 is 45.4 Å². The van der Waals surface area contributed by atoms with Gasteiger partial charge in [-0.2, -0.15) is 0 Å². The second-order valence-electron chi connectivity index (χ2n) is 6.72. The van der Waals surface area contributed by atoms with Crippen LogP contribution in [-0.4, -0.2) is 17.9 Å². The van der Waals surface area contributed by atoms with Crippen LogP contribution in [0.15, 0.2) is 109 Å². The summed E-state index contributed by atoms with van der Waals surface area (Å²) in [5, 5.41) is 6.18. The van der Waals surface area contributed by atoms with Crippen LogP contribution < -0.4 is 15.9 Å². The Morgan fingerprint density at radius 3 is 1.57 bits per heavy atom. The van der Waals surface area contributed by atoms with Crippen LogP contribution in [0.3, 0.4) is 0 Å². The molecule has 0 spiro atoms. The minimum atomic E-state index is -2.49. The molecule has 0 amide bonds. The SMILES string of the molecule is CCOC(=O)C(c1cccs1)=P(c1ccccc1)(c1ccccc1)c1ccccc1. The second kappa shape index (κ2) is 9.30. The quantitative estimate of drug-likeness (QED) is 0.324. The maximum absolute atomic E-state index is 13.6. The van der Waals surface area contributed by atoms with Gasteiger partial charge in [-0.3, -0.25) is 0 Å². The van der Waals surface area contributed by atoms with Crippen LogP contribution in [0.2, 0.25) is 0 Å². The highest BCUT2D eigenvalue weighted by Crippen LogP contribution is 2.48. The van der Waals surface area contributed by atoms with Crippen LogP contribution in [0.25, 0.3) is 0 Å². The Bertz CT molecular complexity index is 1050. The zero-order chi connectivity index (χ0) is 20.8. The fourth-order valence-corrected chi connectivity index (χ4v) is 9.30. The largest absolute Gasteiger partial charge is 0.462 e. The highest BCUT2D eigenvalue weighted by molar-refractivity contribution is 7.97. The zero-order valence-electron chi connectivity index (χ0n) is 16.8. The molecular weight excluding hydrogens is 407 g/mol. The molecule has 150 valence electrons. The summed E-state index contributed by atoms with van der Waals surface area (Å²) in [5.41, 5.74) is 0. The standard InChI is InChI=1S/C26H23O2PS/c1-2-28-26(27)25(24-19-12-20-30-24)29(21-13-6-3-7-14-21,22-15-8-4-9-16-22)23-17-10-5-11-18-23/h3-20H,2H2,1H3. The number of rotatable bonds is 6. The molecule has 0 fully saturated rings. The van der Waals surface area contributed by atoms with E-state index in [2.05, 4.69) is 36.4 Å². The van der Waals surface area contributed by atoms with E-state index in [-0.39, 0.29) is 5.97 Å². The molecule has 0 radical (unpaired) electrons. The molecule has 0 aliphatic carbocycles. The molecule has 0 saturated carbocycles. The molecule has 4 rings (SSSR count). The van der Waals surface area contributed by atoms with Gasteiger partial charge in [0.25, 0.3) is 0 Å². The third kappa shape index (κ3) is 3.67. The predicted molar refractivity (Wildman–Crippen MR) is 130 cm³/mol. The Morgan fingerprint density at radius 1 is 0.733 bits per heavy atom. The number of hydrogen-bond acceptors (Lipinski definition) is 3. The Morgan fingerprint density at radius 2 is 1.20 bits per heavy atom. The molecule has 2 nitrogen and oxygen atoms in total. The lowest BCUT2D eigenvalue weighted by atomic mass is 10.3. The van der Waals surface area contributed by atoms with Crippen molar-refractivity contribution < 1.29 is 9.53 Å². The van der Waals surface area contributed by atoms with Crippen LogP contribution in [0.1, 0.15) is 11.8 Å². The molecule has 30 heavy (non-hydrogen) atoms. The van der Waals surface area contributed by atoms with Crippen molar-refractivity contribution in [2.24, 2.45) is 0 Å². The summed E-state index contributed by atoms with van der Waals surface area (Å²) in [6, 6.07) is 35.2.